The second-order valence-electron chi connectivity index (χ2n) is 13.7. The van der Waals surface area contributed by atoms with Crippen molar-refractivity contribution < 1.29 is 19.4 Å². The van der Waals surface area contributed by atoms with Crippen LogP contribution in [0.2, 0.25) is 0 Å². The van der Waals surface area contributed by atoms with Crippen molar-refractivity contribution >= 4 is 11.7 Å². The highest BCUT2D eigenvalue weighted by Crippen LogP contribution is 2.67. The van der Waals surface area contributed by atoms with Crippen LogP contribution in [0.3, 0.4) is 0 Å². The molecule has 34 heavy (non-hydrogen) atoms. The first kappa shape index (κ1) is 23.5. The van der Waals surface area contributed by atoms with Gasteiger partial charge >= 0.3 is 0 Å². The largest absolute Gasteiger partial charge is 0.393 e. The van der Waals surface area contributed by atoms with Crippen LogP contribution >= 0.6 is 0 Å². The molecule has 1 amide bonds. The van der Waals surface area contributed by atoms with E-state index in [0.29, 0.717) is 29.5 Å². The number of piperidine rings is 1. The highest BCUT2D eigenvalue weighted by molar-refractivity contribution is 5.88. The summed E-state index contributed by atoms with van der Waals surface area (Å²) in [5, 5.41) is 10.3. The van der Waals surface area contributed by atoms with Gasteiger partial charge in [-0.05, 0) is 86.4 Å². The number of aliphatic hydroxyl groups excluding tert-OH is 1. The minimum Gasteiger partial charge on any atom is -0.393 e. The number of fused-ring (bicyclic) bond motifs is 6. The average molecular weight is 472 g/mol. The highest BCUT2D eigenvalue weighted by atomic mass is 16.5. The van der Waals surface area contributed by atoms with Crippen molar-refractivity contribution in [2.24, 2.45) is 52.8 Å². The van der Waals surface area contributed by atoms with Crippen LogP contribution in [0.1, 0.15) is 86.0 Å². The van der Waals surface area contributed by atoms with Gasteiger partial charge in [-0.1, -0.05) is 27.7 Å². The van der Waals surface area contributed by atoms with E-state index in [1.165, 1.54) is 6.42 Å². The van der Waals surface area contributed by atoms with Gasteiger partial charge in [0.1, 0.15) is 5.78 Å². The lowest BCUT2D eigenvalue weighted by atomic mass is 9.52. The lowest BCUT2D eigenvalue weighted by Crippen LogP contribution is -2.55. The van der Waals surface area contributed by atoms with Crippen LogP contribution in [0, 0.1) is 52.8 Å². The molecule has 13 atom stereocenters. The van der Waals surface area contributed by atoms with Crippen molar-refractivity contribution in [2.75, 3.05) is 6.54 Å². The first-order valence-electron chi connectivity index (χ1n) is 14.2. The third-order valence-corrected chi connectivity index (χ3v) is 12.3. The van der Waals surface area contributed by atoms with E-state index in [1.54, 1.807) is 6.92 Å². The van der Waals surface area contributed by atoms with E-state index < -0.39 is 0 Å². The van der Waals surface area contributed by atoms with Gasteiger partial charge in [-0.25, -0.2) is 0 Å². The number of ketones is 1. The van der Waals surface area contributed by atoms with E-state index in [4.69, 9.17) is 4.74 Å². The normalized spacial score (nSPS) is 56.6. The molecule has 5 nitrogen and oxygen atoms in total. The Hall–Kier alpha value is -0.940. The number of Topliss-reactive ketones (excluding diaryl/α,β-unsaturated/α-hetero) is 1. The maximum atomic E-state index is 14.3. The molecule has 0 radical (unpaired) electrons. The third-order valence-electron chi connectivity index (χ3n) is 12.3. The molecular weight excluding hydrogens is 426 g/mol. The number of aliphatic hydroxyl groups is 1. The van der Waals surface area contributed by atoms with Crippen molar-refractivity contribution in [1.82, 2.24) is 4.90 Å². The molecule has 2 heterocycles. The van der Waals surface area contributed by atoms with Crippen molar-refractivity contribution in [3.63, 3.8) is 0 Å². The second-order valence-corrected chi connectivity index (χ2v) is 13.7. The van der Waals surface area contributed by atoms with Crippen molar-refractivity contribution in [1.29, 1.82) is 0 Å². The molecule has 1 spiro atoms. The fourth-order valence-electron chi connectivity index (χ4n) is 10.7. The summed E-state index contributed by atoms with van der Waals surface area (Å²) in [5.74, 6) is 3.35. The van der Waals surface area contributed by atoms with E-state index in [9.17, 15) is 14.7 Å². The van der Waals surface area contributed by atoms with Gasteiger partial charge in [0, 0.05) is 31.2 Å². The number of likely N-dealkylation sites (tertiary alicyclic amines) is 1. The summed E-state index contributed by atoms with van der Waals surface area (Å²) in [7, 11) is 0. The van der Waals surface area contributed by atoms with Crippen LogP contribution in [0.25, 0.3) is 0 Å². The predicted molar refractivity (Wildman–Crippen MR) is 130 cm³/mol. The number of carbonyl (C=O) groups excluding carboxylic acids is 2. The summed E-state index contributed by atoms with van der Waals surface area (Å²) in [6.07, 6.45) is 8.10. The number of ether oxygens (including phenoxy) is 1. The zero-order chi connectivity index (χ0) is 24.2. The smallest absolute Gasteiger partial charge is 0.219 e. The van der Waals surface area contributed by atoms with E-state index >= 15 is 0 Å². The lowest BCUT2D eigenvalue weighted by molar-refractivity contribution is -0.155. The van der Waals surface area contributed by atoms with E-state index in [2.05, 4.69) is 32.6 Å². The maximum Gasteiger partial charge on any atom is 0.219 e. The summed E-state index contributed by atoms with van der Waals surface area (Å²) in [6, 6.07) is 0.146. The third kappa shape index (κ3) is 2.98. The molecule has 0 aromatic carbocycles. The summed E-state index contributed by atoms with van der Waals surface area (Å²) < 4.78 is 7.05. The van der Waals surface area contributed by atoms with Crippen LogP contribution in [-0.2, 0) is 14.3 Å². The SMILES string of the molecule is CC(=O)N1CC(C)CC2OC3(CCC4C5CCC6CC(O)CCC6(C)C5C(=O)C4C3C)C(C)C21. The Morgan fingerprint density at radius 1 is 1.03 bits per heavy atom. The molecule has 1 N–H and O–H groups in total. The molecule has 190 valence electrons. The van der Waals surface area contributed by atoms with Gasteiger partial charge < -0.3 is 14.7 Å². The molecule has 5 heteroatoms. The summed E-state index contributed by atoms with van der Waals surface area (Å²) >= 11 is 0. The zero-order valence-electron chi connectivity index (χ0n) is 21.8. The Kier molecular flexibility index (Phi) is 5.37. The molecule has 0 bridgehead atoms. The van der Waals surface area contributed by atoms with Crippen LogP contribution in [0.5, 0.6) is 0 Å². The number of amides is 1. The molecule has 6 aliphatic rings. The molecule has 2 saturated heterocycles. The fourth-order valence-corrected chi connectivity index (χ4v) is 10.7. The molecule has 4 saturated carbocycles. The highest BCUT2D eigenvalue weighted by Gasteiger charge is 2.68. The second kappa shape index (κ2) is 7.78. The monoisotopic (exact) mass is 471 g/mol. The molecule has 2 aliphatic heterocycles. The van der Waals surface area contributed by atoms with E-state index in [-0.39, 0.29) is 58.8 Å². The van der Waals surface area contributed by atoms with Gasteiger partial charge in [-0.2, -0.15) is 0 Å². The number of hydrogen-bond acceptors (Lipinski definition) is 4. The van der Waals surface area contributed by atoms with E-state index in [1.807, 2.05) is 0 Å². The molecule has 0 aromatic rings. The Morgan fingerprint density at radius 2 is 1.79 bits per heavy atom. The number of rotatable bonds is 0. The van der Waals surface area contributed by atoms with E-state index in [0.717, 1.165) is 51.5 Å². The number of carbonyl (C=O) groups is 2. The first-order valence-corrected chi connectivity index (χ1v) is 14.2. The summed E-state index contributed by atoms with van der Waals surface area (Å²) in [4.78, 5) is 29.0. The van der Waals surface area contributed by atoms with Gasteiger partial charge in [-0.3, -0.25) is 9.59 Å². The van der Waals surface area contributed by atoms with Crippen LogP contribution in [0.15, 0.2) is 0 Å². The van der Waals surface area contributed by atoms with Gasteiger partial charge in [-0.15, -0.1) is 0 Å². The number of hydrogen-bond donors (Lipinski definition) is 1. The van der Waals surface area contributed by atoms with Gasteiger partial charge in [0.2, 0.25) is 5.91 Å². The topological polar surface area (TPSA) is 66.8 Å². The average Bonchev–Trinajstić information content (AvgIpc) is 3.23. The Labute approximate surface area is 205 Å². The van der Waals surface area contributed by atoms with Crippen LogP contribution in [-0.4, -0.2) is 52.1 Å². The van der Waals surface area contributed by atoms with Crippen molar-refractivity contribution in [2.45, 2.75) is 110 Å². The quantitative estimate of drug-likeness (QED) is 0.567. The fraction of sp³-hybridized carbons (Fsp3) is 0.931. The zero-order valence-corrected chi connectivity index (χ0v) is 21.8. The predicted octanol–water partition coefficient (Wildman–Crippen LogP) is 4.46. The summed E-state index contributed by atoms with van der Waals surface area (Å²) in [6.45, 7) is 11.8. The van der Waals surface area contributed by atoms with Crippen molar-refractivity contribution in [3.8, 4) is 0 Å². The Bertz CT molecular complexity index is 874. The Balaban J connectivity index is 1.31. The molecule has 6 rings (SSSR count). The molecular formula is C29H45NO4. The Morgan fingerprint density at radius 3 is 2.53 bits per heavy atom. The number of nitrogens with zero attached hydrogens (tertiary/aromatic N) is 1. The molecule has 13 unspecified atom stereocenters. The van der Waals surface area contributed by atoms with Crippen LogP contribution in [0.4, 0.5) is 0 Å². The first-order chi connectivity index (χ1) is 16.1. The minimum atomic E-state index is -0.291. The minimum absolute atomic E-state index is 0.0560. The molecule has 6 fully saturated rings. The van der Waals surface area contributed by atoms with Gasteiger partial charge in [0.25, 0.3) is 0 Å². The van der Waals surface area contributed by atoms with Crippen LogP contribution < -0.4 is 0 Å². The molecule has 4 aliphatic carbocycles. The lowest BCUT2D eigenvalue weighted by Gasteiger charge is -2.53. The van der Waals surface area contributed by atoms with Gasteiger partial charge in [0.15, 0.2) is 0 Å². The van der Waals surface area contributed by atoms with Gasteiger partial charge in [0.05, 0.1) is 23.9 Å². The standard InChI is InChI=1S/C29H45NO4/c1-15-12-23-26(30(14-15)18(4)31)17(3)29(34-23)11-9-21-22-7-6-19-13-20(32)8-10-28(19,5)25(22)27(33)24(21)16(29)2/h15-17,19-26,32H,6-14H2,1-5H3. The summed E-state index contributed by atoms with van der Waals surface area (Å²) in [5.41, 5.74) is -0.235. The van der Waals surface area contributed by atoms with Crippen molar-refractivity contribution in [3.05, 3.63) is 0 Å². The maximum absolute atomic E-state index is 14.3. The molecule has 0 aromatic heterocycles.